The normalized spacial score (nSPS) is 14.9. The Morgan fingerprint density at radius 3 is 2.81 bits per heavy atom. The number of nitrogens with zero attached hydrogens (tertiary/aromatic N) is 1. The lowest BCUT2D eigenvalue weighted by molar-refractivity contribution is -0.386. The van der Waals surface area contributed by atoms with Crippen LogP contribution in [0.2, 0.25) is 0 Å². The monoisotopic (exact) mass is 224 g/mol. The van der Waals surface area contributed by atoms with Crippen molar-refractivity contribution in [2.24, 2.45) is 0 Å². The summed E-state index contributed by atoms with van der Waals surface area (Å²) in [6.07, 6.45) is 1.69. The van der Waals surface area contributed by atoms with Crippen LogP contribution in [0.4, 0.5) is 15.8 Å². The molecule has 2 N–H and O–H groups in total. The molecule has 0 bridgehead atoms. The van der Waals surface area contributed by atoms with Gasteiger partial charge < -0.3 is 10.5 Å². The van der Waals surface area contributed by atoms with Crippen molar-refractivity contribution in [3.05, 3.63) is 39.7 Å². The van der Waals surface area contributed by atoms with E-state index in [9.17, 15) is 14.5 Å². The number of nitro benzene ring substituents is 1. The first-order chi connectivity index (χ1) is 7.61. The lowest BCUT2D eigenvalue weighted by Gasteiger charge is -2.05. The Labute approximate surface area is 90.5 Å². The summed E-state index contributed by atoms with van der Waals surface area (Å²) in [4.78, 5) is 9.83. The third-order valence-corrected chi connectivity index (χ3v) is 2.38. The molecule has 1 aromatic carbocycles. The van der Waals surface area contributed by atoms with Crippen molar-refractivity contribution in [3.8, 4) is 0 Å². The van der Waals surface area contributed by atoms with Crippen molar-refractivity contribution in [1.29, 1.82) is 0 Å². The third kappa shape index (κ3) is 1.63. The minimum absolute atomic E-state index is 0.175. The van der Waals surface area contributed by atoms with Crippen LogP contribution in [0, 0.1) is 15.9 Å². The summed E-state index contributed by atoms with van der Waals surface area (Å²) in [6.45, 7) is 0.658. The molecule has 0 spiro atoms. The smallest absolute Gasteiger partial charge is 0.328 e. The lowest BCUT2D eigenvalue weighted by Crippen LogP contribution is -2.02. The summed E-state index contributed by atoms with van der Waals surface area (Å²) in [5.41, 5.74) is 5.30. The fourth-order valence-electron chi connectivity index (χ4n) is 1.59. The van der Waals surface area contributed by atoms with Crippen molar-refractivity contribution in [2.45, 2.75) is 0 Å². The van der Waals surface area contributed by atoms with Crippen LogP contribution >= 0.6 is 0 Å². The molecular weight excluding hydrogens is 215 g/mol. The maximum Gasteiger partial charge on any atom is 0.328 e. The van der Waals surface area contributed by atoms with E-state index in [0.29, 0.717) is 12.2 Å². The molecule has 6 heteroatoms. The van der Waals surface area contributed by atoms with Gasteiger partial charge in [0.05, 0.1) is 18.1 Å². The number of halogens is 1. The number of hydrogen-bond acceptors (Lipinski definition) is 4. The van der Waals surface area contributed by atoms with E-state index in [0.717, 1.165) is 0 Å². The average Bonchev–Trinajstić information content (AvgIpc) is 2.70. The summed E-state index contributed by atoms with van der Waals surface area (Å²) < 4.78 is 18.9. The average molecular weight is 224 g/mol. The van der Waals surface area contributed by atoms with E-state index >= 15 is 0 Å². The summed E-state index contributed by atoms with van der Waals surface area (Å²) >= 11 is 0. The second-order valence-corrected chi connectivity index (χ2v) is 3.37. The summed E-state index contributed by atoms with van der Waals surface area (Å²) in [5, 5.41) is 10.6. The van der Waals surface area contributed by atoms with Crippen molar-refractivity contribution in [3.63, 3.8) is 0 Å². The highest BCUT2D eigenvalue weighted by Crippen LogP contribution is 2.32. The van der Waals surface area contributed by atoms with Gasteiger partial charge in [0, 0.05) is 5.56 Å². The fraction of sp³-hybridized carbons (Fsp3) is 0.200. The van der Waals surface area contributed by atoms with Gasteiger partial charge in [0.1, 0.15) is 5.69 Å². The molecule has 0 saturated carbocycles. The van der Waals surface area contributed by atoms with Gasteiger partial charge in [0.25, 0.3) is 0 Å². The standard InChI is InChI=1S/C10H9FN2O3/c11-9-7(6-3-4-16-5-6)1-2-8(12)10(9)13(14)15/h1-3H,4-5,12H2. The second-order valence-electron chi connectivity index (χ2n) is 3.37. The largest absolute Gasteiger partial charge is 0.393 e. The first kappa shape index (κ1) is 10.6. The van der Waals surface area contributed by atoms with Gasteiger partial charge in [-0.3, -0.25) is 10.1 Å². The molecule has 0 atom stereocenters. The van der Waals surface area contributed by atoms with Crippen molar-refractivity contribution < 1.29 is 14.1 Å². The molecule has 0 aromatic heterocycles. The van der Waals surface area contributed by atoms with E-state index in [2.05, 4.69) is 0 Å². The maximum absolute atomic E-state index is 13.8. The number of nitrogen functional groups attached to an aromatic ring is 1. The Balaban J connectivity index is 2.56. The van der Waals surface area contributed by atoms with Gasteiger partial charge in [-0.2, -0.15) is 4.39 Å². The fourth-order valence-corrected chi connectivity index (χ4v) is 1.59. The summed E-state index contributed by atoms with van der Waals surface area (Å²) in [5.74, 6) is -0.901. The van der Waals surface area contributed by atoms with Crippen molar-refractivity contribution in [1.82, 2.24) is 0 Å². The number of ether oxygens (including phenoxy) is 1. The molecule has 1 aliphatic rings. The zero-order valence-corrected chi connectivity index (χ0v) is 8.27. The first-order valence-electron chi connectivity index (χ1n) is 4.60. The van der Waals surface area contributed by atoms with E-state index in [1.54, 1.807) is 6.08 Å². The number of benzene rings is 1. The molecule has 1 aliphatic heterocycles. The molecule has 16 heavy (non-hydrogen) atoms. The van der Waals surface area contributed by atoms with E-state index in [4.69, 9.17) is 10.5 Å². The van der Waals surface area contributed by atoms with Crippen molar-refractivity contribution >= 4 is 16.9 Å². The van der Waals surface area contributed by atoms with Gasteiger partial charge in [-0.05, 0) is 17.7 Å². The van der Waals surface area contributed by atoms with Gasteiger partial charge in [0.2, 0.25) is 5.82 Å². The zero-order valence-electron chi connectivity index (χ0n) is 8.27. The van der Waals surface area contributed by atoms with Crippen LogP contribution in [-0.2, 0) is 4.74 Å². The van der Waals surface area contributed by atoms with Gasteiger partial charge in [-0.1, -0.05) is 6.08 Å². The quantitative estimate of drug-likeness (QED) is 0.471. The molecule has 1 heterocycles. The minimum Gasteiger partial charge on any atom is -0.393 e. The number of anilines is 1. The number of nitro groups is 1. The Morgan fingerprint density at radius 1 is 1.50 bits per heavy atom. The lowest BCUT2D eigenvalue weighted by atomic mass is 10.0. The van der Waals surface area contributed by atoms with Crippen LogP contribution in [-0.4, -0.2) is 18.1 Å². The first-order valence-corrected chi connectivity index (χ1v) is 4.60. The van der Waals surface area contributed by atoms with E-state index < -0.39 is 16.4 Å². The number of nitrogens with two attached hydrogens (primary N) is 1. The highest BCUT2D eigenvalue weighted by molar-refractivity contribution is 5.74. The van der Waals surface area contributed by atoms with E-state index in [1.807, 2.05) is 0 Å². The van der Waals surface area contributed by atoms with Crippen molar-refractivity contribution in [2.75, 3.05) is 18.9 Å². The molecule has 0 unspecified atom stereocenters. The topological polar surface area (TPSA) is 78.4 Å². The minimum atomic E-state index is -0.901. The highest BCUT2D eigenvalue weighted by atomic mass is 19.1. The molecule has 1 aromatic rings. The number of rotatable bonds is 2. The zero-order chi connectivity index (χ0) is 11.7. The van der Waals surface area contributed by atoms with Crippen LogP contribution in [0.5, 0.6) is 0 Å². The number of hydrogen-bond donors (Lipinski definition) is 1. The molecule has 5 nitrogen and oxygen atoms in total. The van der Waals surface area contributed by atoms with Crippen LogP contribution in [0.25, 0.3) is 5.57 Å². The summed E-state index contributed by atoms with van der Waals surface area (Å²) in [7, 11) is 0. The predicted octanol–water partition coefficient (Wildman–Crippen LogP) is 1.73. The summed E-state index contributed by atoms with van der Waals surface area (Å²) in [6, 6.07) is 2.76. The Bertz CT molecular complexity index is 485. The third-order valence-electron chi connectivity index (χ3n) is 2.38. The molecule has 0 saturated heterocycles. The van der Waals surface area contributed by atoms with Gasteiger partial charge in [-0.25, -0.2) is 0 Å². The Kier molecular flexibility index (Phi) is 2.57. The van der Waals surface area contributed by atoms with Crippen LogP contribution in [0.1, 0.15) is 5.56 Å². The Morgan fingerprint density at radius 2 is 2.25 bits per heavy atom. The highest BCUT2D eigenvalue weighted by Gasteiger charge is 2.24. The molecule has 0 amide bonds. The molecule has 0 radical (unpaired) electrons. The van der Waals surface area contributed by atoms with Crippen LogP contribution in [0.3, 0.4) is 0 Å². The SMILES string of the molecule is Nc1ccc(C2=CCOC2)c(F)c1[N+](=O)[O-]. The molecule has 2 rings (SSSR count). The van der Waals surface area contributed by atoms with E-state index in [-0.39, 0.29) is 17.9 Å². The molecule has 0 fully saturated rings. The predicted molar refractivity (Wildman–Crippen MR) is 56.3 cm³/mol. The second kappa shape index (κ2) is 3.90. The van der Waals surface area contributed by atoms with Crippen LogP contribution < -0.4 is 5.73 Å². The van der Waals surface area contributed by atoms with Gasteiger partial charge in [-0.15, -0.1) is 0 Å². The van der Waals surface area contributed by atoms with Gasteiger partial charge >= 0.3 is 5.69 Å². The van der Waals surface area contributed by atoms with E-state index in [1.165, 1.54) is 12.1 Å². The van der Waals surface area contributed by atoms with Crippen LogP contribution in [0.15, 0.2) is 18.2 Å². The molecule has 0 aliphatic carbocycles. The molecular formula is C10H9FN2O3. The van der Waals surface area contributed by atoms with Gasteiger partial charge in [0.15, 0.2) is 0 Å². The Hall–Kier alpha value is -1.95. The maximum atomic E-state index is 13.8. The molecule has 84 valence electrons.